The Balaban J connectivity index is 1.45. The highest BCUT2D eigenvalue weighted by Crippen LogP contribution is 2.30. The third-order valence-electron chi connectivity index (χ3n) is 5.94. The molecule has 5 rings (SSSR count). The summed E-state index contributed by atoms with van der Waals surface area (Å²) < 4.78 is 1.87. The fraction of sp³-hybridized carbons (Fsp3) is 0.111. The summed E-state index contributed by atoms with van der Waals surface area (Å²) in [5.41, 5.74) is 6.24. The van der Waals surface area contributed by atoms with E-state index in [9.17, 15) is 0 Å². The van der Waals surface area contributed by atoms with Gasteiger partial charge < -0.3 is 5.32 Å². The average Bonchev–Trinajstić information content (AvgIpc) is 3.24. The molecule has 2 heterocycles. The van der Waals surface area contributed by atoms with Crippen molar-refractivity contribution in [2.24, 2.45) is 0 Å². The van der Waals surface area contributed by atoms with Gasteiger partial charge in [-0.2, -0.15) is 9.61 Å². The normalized spacial score (nSPS) is 11.2. The standard InChI is InChI=1S/C27H24BClN4/c28-23-18-31-33-26(17-25(32-27(23)33)22-13-7-8-14-24(22)29)30-16-15-21(19-9-3-1-4-10-19)20-11-5-2-6-12-20/h1-14,17-18,21,30H,15-16,28H2. The van der Waals surface area contributed by atoms with Gasteiger partial charge in [0.1, 0.15) is 13.7 Å². The molecule has 0 spiro atoms. The van der Waals surface area contributed by atoms with E-state index < -0.39 is 0 Å². The van der Waals surface area contributed by atoms with Gasteiger partial charge in [0, 0.05) is 35.3 Å². The Bertz CT molecular complexity index is 1330. The summed E-state index contributed by atoms with van der Waals surface area (Å²) in [6.45, 7) is 0.786. The summed E-state index contributed by atoms with van der Waals surface area (Å²) in [5, 5.41) is 8.85. The zero-order valence-corrected chi connectivity index (χ0v) is 19.2. The van der Waals surface area contributed by atoms with Crippen molar-refractivity contribution in [3.8, 4) is 11.3 Å². The van der Waals surface area contributed by atoms with Crippen molar-refractivity contribution < 1.29 is 0 Å². The van der Waals surface area contributed by atoms with Gasteiger partial charge in [0.25, 0.3) is 0 Å². The van der Waals surface area contributed by atoms with E-state index >= 15 is 0 Å². The summed E-state index contributed by atoms with van der Waals surface area (Å²) >= 11 is 6.47. The van der Waals surface area contributed by atoms with E-state index in [1.165, 1.54) is 11.1 Å². The monoisotopic (exact) mass is 450 g/mol. The van der Waals surface area contributed by atoms with Crippen molar-refractivity contribution >= 4 is 36.4 Å². The van der Waals surface area contributed by atoms with Crippen LogP contribution in [0.4, 0.5) is 5.82 Å². The predicted molar refractivity (Wildman–Crippen MR) is 139 cm³/mol. The largest absolute Gasteiger partial charge is 0.370 e. The second-order valence-corrected chi connectivity index (χ2v) is 8.57. The van der Waals surface area contributed by atoms with Gasteiger partial charge in [-0.15, -0.1) is 0 Å². The second-order valence-electron chi connectivity index (χ2n) is 8.16. The number of nitrogens with zero attached hydrogens (tertiary/aromatic N) is 3. The number of rotatable bonds is 7. The minimum atomic E-state index is 0.305. The number of anilines is 1. The number of fused-ring (bicyclic) bond motifs is 1. The van der Waals surface area contributed by atoms with E-state index in [0.29, 0.717) is 10.9 Å². The Hall–Kier alpha value is -3.57. The third-order valence-corrected chi connectivity index (χ3v) is 6.27. The first-order chi connectivity index (χ1) is 16.2. The summed E-state index contributed by atoms with van der Waals surface area (Å²) in [7, 11) is 2.02. The number of hydrogen-bond donors (Lipinski definition) is 1. The molecule has 0 atom stereocenters. The Labute approximate surface area is 199 Å². The van der Waals surface area contributed by atoms with Crippen molar-refractivity contribution in [1.82, 2.24) is 14.6 Å². The highest BCUT2D eigenvalue weighted by Gasteiger charge is 2.16. The fourth-order valence-corrected chi connectivity index (χ4v) is 4.48. The molecule has 162 valence electrons. The SMILES string of the molecule is Bc1cnn2c(NCCC(c3ccccc3)c3ccccc3)cc(-c3ccccc3Cl)nc12. The molecule has 5 aromatic rings. The lowest BCUT2D eigenvalue weighted by atomic mass is 9.88. The van der Waals surface area contributed by atoms with Gasteiger partial charge in [0.05, 0.1) is 5.69 Å². The van der Waals surface area contributed by atoms with Crippen LogP contribution in [-0.2, 0) is 0 Å². The first kappa shape index (κ1) is 21.3. The molecule has 4 nitrogen and oxygen atoms in total. The van der Waals surface area contributed by atoms with Gasteiger partial charge in [0.15, 0.2) is 5.65 Å². The predicted octanol–water partition coefficient (Wildman–Crippen LogP) is 4.94. The van der Waals surface area contributed by atoms with Crippen LogP contribution in [-0.4, -0.2) is 29.0 Å². The summed E-state index contributed by atoms with van der Waals surface area (Å²) in [6.07, 6.45) is 2.79. The first-order valence-electron chi connectivity index (χ1n) is 11.1. The molecule has 2 aromatic heterocycles. The topological polar surface area (TPSA) is 42.2 Å². The molecule has 3 aromatic carbocycles. The van der Waals surface area contributed by atoms with E-state index in [4.69, 9.17) is 16.6 Å². The lowest BCUT2D eigenvalue weighted by molar-refractivity contribution is 0.739. The van der Waals surface area contributed by atoms with Crippen LogP contribution in [0.3, 0.4) is 0 Å². The molecule has 0 amide bonds. The lowest BCUT2D eigenvalue weighted by Gasteiger charge is -2.19. The van der Waals surface area contributed by atoms with Gasteiger partial charge in [-0.25, -0.2) is 4.98 Å². The Morgan fingerprint density at radius 1 is 0.879 bits per heavy atom. The Morgan fingerprint density at radius 2 is 1.52 bits per heavy atom. The molecule has 0 fully saturated rings. The number of nitrogens with one attached hydrogen (secondary N) is 1. The molecular formula is C27H24BClN4. The molecule has 0 aliphatic rings. The van der Waals surface area contributed by atoms with E-state index in [0.717, 1.165) is 41.2 Å². The molecule has 33 heavy (non-hydrogen) atoms. The molecule has 0 bridgehead atoms. The number of hydrogen-bond acceptors (Lipinski definition) is 3. The van der Waals surface area contributed by atoms with Crippen molar-refractivity contribution in [3.63, 3.8) is 0 Å². The van der Waals surface area contributed by atoms with Gasteiger partial charge in [-0.05, 0) is 29.1 Å². The number of halogens is 1. The molecule has 1 N–H and O–H groups in total. The molecule has 0 aliphatic heterocycles. The number of benzene rings is 3. The first-order valence-corrected chi connectivity index (χ1v) is 11.5. The lowest BCUT2D eigenvalue weighted by Crippen LogP contribution is -2.13. The maximum Gasteiger partial charge on any atom is 0.151 e. The van der Waals surface area contributed by atoms with Crippen LogP contribution in [0.15, 0.2) is 97.2 Å². The molecular weight excluding hydrogens is 427 g/mol. The van der Waals surface area contributed by atoms with E-state index in [1.807, 2.05) is 48.9 Å². The maximum absolute atomic E-state index is 6.47. The van der Waals surface area contributed by atoms with Crippen LogP contribution < -0.4 is 10.8 Å². The zero-order valence-electron chi connectivity index (χ0n) is 18.4. The highest BCUT2D eigenvalue weighted by molar-refractivity contribution is 6.36. The maximum atomic E-state index is 6.47. The average molecular weight is 451 g/mol. The van der Waals surface area contributed by atoms with Crippen molar-refractivity contribution in [2.75, 3.05) is 11.9 Å². The third kappa shape index (κ3) is 4.50. The molecule has 0 aliphatic carbocycles. The number of aromatic nitrogens is 3. The van der Waals surface area contributed by atoms with Crippen LogP contribution in [0.5, 0.6) is 0 Å². The van der Waals surface area contributed by atoms with E-state index in [-0.39, 0.29) is 0 Å². The van der Waals surface area contributed by atoms with Crippen LogP contribution in [0.1, 0.15) is 23.5 Å². The van der Waals surface area contributed by atoms with E-state index in [1.54, 1.807) is 0 Å². The van der Waals surface area contributed by atoms with Gasteiger partial charge >= 0.3 is 0 Å². The summed E-state index contributed by atoms with van der Waals surface area (Å²) in [6, 6.07) is 31.2. The molecule has 0 radical (unpaired) electrons. The van der Waals surface area contributed by atoms with E-state index in [2.05, 4.69) is 71.1 Å². The molecule has 0 saturated carbocycles. The minimum Gasteiger partial charge on any atom is -0.370 e. The minimum absolute atomic E-state index is 0.305. The van der Waals surface area contributed by atoms with Gasteiger partial charge in [-0.3, -0.25) is 0 Å². The quantitative estimate of drug-likeness (QED) is 0.357. The second kappa shape index (κ2) is 9.51. The van der Waals surface area contributed by atoms with Crippen LogP contribution in [0.25, 0.3) is 16.9 Å². The fourth-order valence-electron chi connectivity index (χ4n) is 4.25. The van der Waals surface area contributed by atoms with Gasteiger partial charge in [0.2, 0.25) is 0 Å². The van der Waals surface area contributed by atoms with Crippen LogP contribution >= 0.6 is 11.6 Å². The summed E-state index contributed by atoms with van der Waals surface area (Å²) in [5.74, 6) is 1.21. The molecule has 0 saturated heterocycles. The Morgan fingerprint density at radius 3 is 2.18 bits per heavy atom. The van der Waals surface area contributed by atoms with Crippen molar-refractivity contribution in [2.45, 2.75) is 12.3 Å². The van der Waals surface area contributed by atoms with Gasteiger partial charge in [-0.1, -0.05) is 90.5 Å². The molecule has 6 heteroatoms. The van der Waals surface area contributed by atoms with Crippen molar-refractivity contribution in [3.05, 3.63) is 113 Å². The molecule has 0 unspecified atom stereocenters. The smallest absolute Gasteiger partial charge is 0.151 e. The highest BCUT2D eigenvalue weighted by atomic mass is 35.5. The van der Waals surface area contributed by atoms with Crippen LogP contribution in [0.2, 0.25) is 5.02 Å². The Kier molecular flexibility index (Phi) is 6.14. The van der Waals surface area contributed by atoms with Crippen molar-refractivity contribution in [1.29, 1.82) is 0 Å². The summed E-state index contributed by atoms with van der Waals surface area (Å²) in [4.78, 5) is 4.84. The zero-order chi connectivity index (χ0) is 22.6. The van der Waals surface area contributed by atoms with Crippen LogP contribution in [0, 0.1) is 0 Å².